The predicted octanol–water partition coefficient (Wildman–Crippen LogP) is 3.67. The van der Waals surface area contributed by atoms with Gasteiger partial charge in [-0.15, -0.1) is 0 Å². The highest BCUT2D eigenvalue weighted by molar-refractivity contribution is 7.92. The van der Waals surface area contributed by atoms with Gasteiger partial charge in [-0.05, 0) is 72.5 Å². The highest BCUT2D eigenvalue weighted by Gasteiger charge is 2.15. The van der Waals surface area contributed by atoms with E-state index < -0.39 is 22.0 Å². The molecule has 0 aliphatic carbocycles. The number of carboxylic acids is 2. The molecule has 3 aromatic rings. The summed E-state index contributed by atoms with van der Waals surface area (Å²) in [6, 6.07) is 18.6. The summed E-state index contributed by atoms with van der Waals surface area (Å²) in [5.74, 6) is -2.11. The molecule has 154 valence electrons. The zero-order chi connectivity index (χ0) is 21.7. The number of carbonyl (C=O) groups is 2. The first-order valence-electron chi connectivity index (χ1n) is 9.02. The van der Waals surface area contributed by atoms with Crippen LogP contribution in [0.25, 0.3) is 0 Å². The largest absolute Gasteiger partial charge is 0.478 e. The van der Waals surface area contributed by atoms with Crippen LogP contribution in [0, 0.1) is 0 Å². The lowest BCUT2D eigenvalue weighted by Crippen LogP contribution is -2.13. The van der Waals surface area contributed by atoms with E-state index >= 15 is 0 Å². The number of hydrogen-bond donors (Lipinski definition) is 3. The molecule has 0 bridgehead atoms. The molecular formula is C22H19NO6S. The van der Waals surface area contributed by atoms with Gasteiger partial charge in [-0.25, -0.2) is 18.0 Å². The molecule has 30 heavy (non-hydrogen) atoms. The quantitative estimate of drug-likeness (QED) is 0.506. The summed E-state index contributed by atoms with van der Waals surface area (Å²) in [5.41, 5.74) is 2.37. The van der Waals surface area contributed by atoms with Crippen molar-refractivity contribution in [1.82, 2.24) is 0 Å². The van der Waals surface area contributed by atoms with Crippen LogP contribution in [0.1, 0.15) is 31.8 Å². The third-order valence-electron chi connectivity index (χ3n) is 4.47. The molecule has 0 unspecified atom stereocenters. The second kappa shape index (κ2) is 8.79. The van der Waals surface area contributed by atoms with Gasteiger partial charge in [0.05, 0.1) is 16.0 Å². The minimum Gasteiger partial charge on any atom is -0.478 e. The Morgan fingerprint density at radius 1 is 0.733 bits per heavy atom. The Labute approximate surface area is 173 Å². The van der Waals surface area contributed by atoms with Crippen molar-refractivity contribution in [2.45, 2.75) is 17.7 Å². The van der Waals surface area contributed by atoms with E-state index in [0.29, 0.717) is 18.5 Å². The summed E-state index contributed by atoms with van der Waals surface area (Å²) in [7, 11) is -3.86. The normalized spacial score (nSPS) is 11.1. The van der Waals surface area contributed by atoms with Crippen LogP contribution in [0.5, 0.6) is 0 Å². The lowest BCUT2D eigenvalue weighted by Gasteiger charge is -2.10. The van der Waals surface area contributed by atoms with Crippen LogP contribution in [0.3, 0.4) is 0 Å². The summed E-state index contributed by atoms with van der Waals surface area (Å²) >= 11 is 0. The SMILES string of the molecule is O=C(O)c1ccc(S(=O)(=O)Nc2cccc(CCc3cccc(C(=O)O)c3)c2)cc1. The molecule has 0 aliphatic heterocycles. The summed E-state index contributed by atoms with van der Waals surface area (Å²) in [5, 5.41) is 18.0. The number of anilines is 1. The van der Waals surface area contributed by atoms with Gasteiger partial charge in [0.2, 0.25) is 0 Å². The average Bonchev–Trinajstić information content (AvgIpc) is 2.72. The number of rotatable bonds is 8. The molecule has 0 atom stereocenters. The number of sulfonamides is 1. The third kappa shape index (κ3) is 5.24. The Balaban J connectivity index is 1.71. The van der Waals surface area contributed by atoms with Gasteiger partial charge < -0.3 is 10.2 Å². The fourth-order valence-corrected chi connectivity index (χ4v) is 3.98. The number of benzene rings is 3. The van der Waals surface area contributed by atoms with E-state index in [0.717, 1.165) is 11.1 Å². The van der Waals surface area contributed by atoms with Crippen molar-refractivity contribution in [1.29, 1.82) is 0 Å². The number of hydrogen-bond acceptors (Lipinski definition) is 4. The molecule has 0 aromatic heterocycles. The van der Waals surface area contributed by atoms with Crippen molar-refractivity contribution in [2.24, 2.45) is 0 Å². The Kier molecular flexibility index (Phi) is 6.17. The number of carboxylic acid groups (broad SMARTS) is 2. The summed E-state index contributed by atoms with van der Waals surface area (Å²) in [6.45, 7) is 0. The first kappa shape index (κ1) is 21.1. The van der Waals surface area contributed by atoms with Crippen LogP contribution in [-0.2, 0) is 22.9 Å². The van der Waals surface area contributed by atoms with E-state index in [1.54, 1.807) is 30.3 Å². The first-order chi connectivity index (χ1) is 14.2. The molecule has 0 heterocycles. The van der Waals surface area contributed by atoms with Gasteiger partial charge >= 0.3 is 11.9 Å². The standard InChI is InChI=1S/C22H19NO6S/c24-21(25)17-9-11-20(12-10-17)30(28,29)23-19-6-2-4-16(14-19)8-7-15-3-1-5-18(13-15)22(26)27/h1-6,9-14,23H,7-8H2,(H,24,25)(H,26,27). The van der Waals surface area contributed by atoms with E-state index in [4.69, 9.17) is 10.2 Å². The smallest absolute Gasteiger partial charge is 0.335 e. The molecule has 0 saturated carbocycles. The van der Waals surface area contributed by atoms with Crippen LogP contribution < -0.4 is 4.72 Å². The van der Waals surface area contributed by atoms with Crippen molar-refractivity contribution < 1.29 is 28.2 Å². The predicted molar refractivity (Wildman–Crippen MR) is 111 cm³/mol. The van der Waals surface area contributed by atoms with Crippen molar-refractivity contribution >= 4 is 27.6 Å². The molecule has 0 radical (unpaired) electrons. The lowest BCUT2D eigenvalue weighted by atomic mass is 10.0. The number of nitrogens with one attached hydrogen (secondary N) is 1. The maximum absolute atomic E-state index is 12.6. The second-order valence-corrected chi connectivity index (χ2v) is 8.32. The Hall–Kier alpha value is -3.65. The van der Waals surface area contributed by atoms with Crippen molar-refractivity contribution in [3.63, 3.8) is 0 Å². The van der Waals surface area contributed by atoms with Crippen LogP contribution in [0.2, 0.25) is 0 Å². The molecule has 0 amide bonds. The van der Waals surface area contributed by atoms with Crippen molar-refractivity contribution in [3.05, 3.63) is 95.1 Å². The van der Waals surface area contributed by atoms with E-state index in [-0.39, 0.29) is 16.0 Å². The fourth-order valence-electron chi connectivity index (χ4n) is 2.93. The molecule has 7 nitrogen and oxygen atoms in total. The van der Waals surface area contributed by atoms with Gasteiger partial charge in [-0.1, -0.05) is 24.3 Å². The highest BCUT2D eigenvalue weighted by Crippen LogP contribution is 2.19. The minimum absolute atomic E-state index is 0.00270. The highest BCUT2D eigenvalue weighted by atomic mass is 32.2. The second-order valence-electron chi connectivity index (χ2n) is 6.64. The fraction of sp³-hybridized carbons (Fsp3) is 0.0909. The van der Waals surface area contributed by atoms with Crippen molar-refractivity contribution in [3.8, 4) is 0 Å². The molecule has 0 aliphatic rings. The number of aromatic carboxylic acids is 2. The Morgan fingerprint density at radius 2 is 1.30 bits per heavy atom. The molecule has 0 fully saturated rings. The average molecular weight is 425 g/mol. The van der Waals surface area contributed by atoms with E-state index in [9.17, 15) is 18.0 Å². The van der Waals surface area contributed by atoms with Gasteiger partial charge in [-0.2, -0.15) is 0 Å². The first-order valence-corrected chi connectivity index (χ1v) is 10.5. The zero-order valence-electron chi connectivity index (χ0n) is 15.8. The zero-order valence-corrected chi connectivity index (χ0v) is 16.6. The summed E-state index contributed by atoms with van der Waals surface area (Å²) < 4.78 is 27.6. The molecule has 0 saturated heterocycles. The van der Waals surface area contributed by atoms with Crippen LogP contribution in [0.4, 0.5) is 5.69 Å². The van der Waals surface area contributed by atoms with Gasteiger partial charge in [0, 0.05) is 5.69 Å². The Bertz CT molecular complexity index is 1190. The molecule has 3 N–H and O–H groups in total. The summed E-state index contributed by atoms with van der Waals surface area (Å²) in [6.07, 6.45) is 1.21. The minimum atomic E-state index is -3.86. The molecule has 3 aromatic carbocycles. The topological polar surface area (TPSA) is 121 Å². The van der Waals surface area contributed by atoms with E-state index in [1.807, 2.05) is 12.1 Å². The maximum atomic E-state index is 12.6. The number of aryl methyl sites for hydroxylation is 2. The van der Waals surface area contributed by atoms with Gasteiger partial charge in [-0.3, -0.25) is 4.72 Å². The van der Waals surface area contributed by atoms with Crippen LogP contribution in [0.15, 0.2) is 77.7 Å². The lowest BCUT2D eigenvalue weighted by molar-refractivity contribution is 0.0686. The van der Waals surface area contributed by atoms with Crippen molar-refractivity contribution in [2.75, 3.05) is 4.72 Å². The van der Waals surface area contributed by atoms with Gasteiger partial charge in [0.15, 0.2) is 0 Å². The van der Waals surface area contributed by atoms with Gasteiger partial charge in [0.1, 0.15) is 0 Å². The van der Waals surface area contributed by atoms with Gasteiger partial charge in [0.25, 0.3) is 10.0 Å². The Morgan fingerprint density at radius 3 is 1.90 bits per heavy atom. The van der Waals surface area contributed by atoms with Crippen LogP contribution >= 0.6 is 0 Å². The summed E-state index contributed by atoms with van der Waals surface area (Å²) in [4.78, 5) is 22.0. The molecule has 3 rings (SSSR count). The van der Waals surface area contributed by atoms with Crippen LogP contribution in [-0.4, -0.2) is 30.6 Å². The maximum Gasteiger partial charge on any atom is 0.335 e. The molecule has 0 spiro atoms. The third-order valence-corrected chi connectivity index (χ3v) is 5.86. The van der Waals surface area contributed by atoms with E-state index in [1.165, 1.54) is 30.3 Å². The molecule has 8 heteroatoms. The molecular weight excluding hydrogens is 406 g/mol. The monoisotopic (exact) mass is 425 g/mol. The van der Waals surface area contributed by atoms with E-state index in [2.05, 4.69) is 4.72 Å².